The Morgan fingerprint density at radius 1 is 1.12 bits per heavy atom. The predicted molar refractivity (Wildman–Crippen MR) is 88.1 cm³/mol. The highest BCUT2D eigenvalue weighted by atomic mass is 32.2. The lowest BCUT2D eigenvalue weighted by molar-refractivity contribution is -0.138. The van der Waals surface area contributed by atoms with E-state index in [0.717, 1.165) is 19.3 Å². The summed E-state index contributed by atoms with van der Waals surface area (Å²) in [6.45, 7) is 1.21. The number of nitrogens with zero attached hydrogens (tertiary/aromatic N) is 1. The molecule has 7 heteroatoms. The number of likely N-dealkylation sites (tertiary alicyclic amines) is 1. The molecule has 2 aliphatic heterocycles. The molecule has 0 radical (unpaired) electrons. The third-order valence-corrected chi connectivity index (χ3v) is 6.86. The fourth-order valence-corrected chi connectivity index (χ4v) is 5.12. The van der Waals surface area contributed by atoms with Crippen molar-refractivity contribution in [3.63, 3.8) is 0 Å². The van der Waals surface area contributed by atoms with Crippen LogP contribution in [0.2, 0.25) is 0 Å². The van der Waals surface area contributed by atoms with Crippen LogP contribution in [-0.4, -0.2) is 44.5 Å². The summed E-state index contributed by atoms with van der Waals surface area (Å²) in [5.74, 6) is 0.795. The van der Waals surface area contributed by atoms with Gasteiger partial charge in [0.2, 0.25) is 15.9 Å². The van der Waals surface area contributed by atoms with Crippen molar-refractivity contribution in [1.82, 2.24) is 9.62 Å². The molecule has 0 aromatic heterocycles. The summed E-state index contributed by atoms with van der Waals surface area (Å²) in [6.07, 6.45) is 4.07. The van der Waals surface area contributed by atoms with Gasteiger partial charge in [0.25, 0.3) is 0 Å². The highest BCUT2D eigenvalue weighted by Gasteiger charge is 2.38. The zero-order valence-corrected chi connectivity index (χ0v) is 14.3. The Morgan fingerprint density at radius 2 is 1.88 bits per heavy atom. The summed E-state index contributed by atoms with van der Waals surface area (Å²) in [5, 5.41) is 0. The second kappa shape index (κ2) is 6.04. The molecule has 0 spiro atoms. The number of hydrogen-bond donors (Lipinski definition) is 1. The van der Waals surface area contributed by atoms with Crippen LogP contribution in [-0.2, 0) is 14.8 Å². The summed E-state index contributed by atoms with van der Waals surface area (Å²) in [5.41, 5.74) is 0. The first-order valence-electron chi connectivity index (χ1n) is 8.61. The van der Waals surface area contributed by atoms with Gasteiger partial charge in [0.05, 0.1) is 6.04 Å². The van der Waals surface area contributed by atoms with Crippen molar-refractivity contribution in [3.8, 4) is 5.75 Å². The fourth-order valence-electron chi connectivity index (χ4n) is 3.68. The van der Waals surface area contributed by atoms with Crippen LogP contribution < -0.4 is 9.46 Å². The average molecular weight is 350 g/mol. The van der Waals surface area contributed by atoms with Crippen LogP contribution >= 0.6 is 0 Å². The number of fused-ring (bicyclic) bond motifs is 2. The second-order valence-corrected chi connectivity index (χ2v) is 8.54. The minimum atomic E-state index is -3.59. The van der Waals surface area contributed by atoms with Crippen molar-refractivity contribution in [2.45, 2.75) is 49.1 Å². The van der Waals surface area contributed by atoms with Gasteiger partial charge >= 0.3 is 0 Å². The van der Waals surface area contributed by atoms with E-state index in [1.54, 1.807) is 24.3 Å². The minimum absolute atomic E-state index is 0.172. The van der Waals surface area contributed by atoms with Gasteiger partial charge < -0.3 is 9.64 Å². The van der Waals surface area contributed by atoms with E-state index < -0.39 is 10.0 Å². The molecule has 6 nitrogen and oxygen atoms in total. The Kier molecular flexibility index (Phi) is 4.00. The highest BCUT2D eigenvalue weighted by Crippen LogP contribution is 2.32. The molecule has 1 amide bonds. The number of para-hydroxylation sites is 1. The van der Waals surface area contributed by atoms with Crippen molar-refractivity contribution >= 4 is 15.9 Å². The van der Waals surface area contributed by atoms with E-state index in [4.69, 9.17) is 4.74 Å². The molecule has 1 aliphatic carbocycles. The van der Waals surface area contributed by atoms with Gasteiger partial charge in [-0.1, -0.05) is 18.6 Å². The molecule has 4 rings (SSSR count). The Labute approximate surface area is 142 Å². The van der Waals surface area contributed by atoms with Crippen LogP contribution in [0.15, 0.2) is 29.2 Å². The number of rotatable bonds is 1. The topological polar surface area (TPSA) is 75.7 Å². The van der Waals surface area contributed by atoms with Crippen molar-refractivity contribution < 1.29 is 17.9 Å². The Bertz CT molecular complexity index is 745. The molecule has 1 saturated carbocycles. The normalized spacial score (nSPS) is 29.2. The van der Waals surface area contributed by atoms with Crippen molar-refractivity contribution in [3.05, 3.63) is 24.3 Å². The van der Waals surface area contributed by atoms with E-state index in [9.17, 15) is 13.2 Å². The van der Waals surface area contributed by atoms with Gasteiger partial charge in [-0.3, -0.25) is 4.79 Å². The van der Waals surface area contributed by atoms with Crippen molar-refractivity contribution in [1.29, 1.82) is 0 Å². The third-order valence-electron chi connectivity index (χ3n) is 5.33. The summed E-state index contributed by atoms with van der Waals surface area (Å²) in [4.78, 5) is 14.6. The maximum Gasteiger partial charge on any atom is 0.244 e. The van der Waals surface area contributed by atoms with E-state index in [-0.39, 0.29) is 28.9 Å². The zero-order chi connectivity index (χ0) is 16.7. The van der Waals surface area contributed by atoms with Crippen LogP contribution in [0.25, 0.3) is 0 Å². The molecule has 24 heavy (non-hydrogen) atoms. The number of carbonyl (C=O) groups excluding carboxylic acids is 1. The number of nitrogens with one attached hydrogen (secondary N) is 1. The van der Waals surface area contributed by atoms with E-state index >= 15 is 0 Å². The van der Waals surface area contributed by atoms with Gasteiger partial charge in [-0.15, -0.1) is 0 Å². The summed E-state index contributed by atoms with van der Waals surface area (Å²) < 4.78 is 33.9. The molecule has 130 valence electrons. The molecule has 2 fully saturated rings. The molecule has 1 N–H and O–H groups in total. The van der Waals surface area contributed by atoms with Crippen LogP contribution in [0.3, 0.4) is 0 Å². The van der Waals surface area contributed by atoms with Gasteiger partial charge in [-0.2, -0.15) is 0 Å². The third kappa shape index (κ3) is 2.80. The standard InChI is InChI=1S/C17H22N2O4S/c20-17(12-4-3-5-12)19-10-8-13-14(9-11-19)23-15-6-1-2-7-16(15)24(21,22)18-13/h1-2,6-7,12-14,18H,3-5,8-11H2/t13-,14-/m0/s1. The van der Waals surface area contributed by atoms with E-state index in [1.165, 1.54) is 0 Å². The van der Waals surface area contributed by atoms with Crippen LogP contribution in [0.4, 0.5) is 0 Å². The molecule has 1 saturated heterocycles. The van der Waals surface area contributed by atoms with Crippen LogP contribution in [0, 0.1) is 5.92 Å². The maximum absolute atomic E-state index is 12.6. The lowest BCUT2D eigenvalue weighted by Gasteiger charge is -2.31. The Morgan fingerprint density at radius 3 is 2.62 bits per heavy atom. The molecule has 3 aliphatic rings. The van der Waals surface area contributed by atoms with E-state index in [2.05, 4.69) is 4.72 Å². The van der Waals surface area contributed by atoms with Gasteiger partial charge in [0, 0.05) is 25.4 Å². The average Bonchev–Trinajstić information content (AvgIpc) is 2.74. The first kappa shape index (κ1) is 15.9. The summed E-state index contributed by atoms with van der Waals surface area (Å²) in [7, 11) is -3.59. The smallest absolute Gasteiger partial charge is 0.244 e. The van der Waals surface area contributed by atoms with Crippen molar-refractivity contribution in [2.75, 3.05) is 13.1 Å². The molecular weight excluding hydrogens is 328 g/mol. The number of hydrogen-bond acceptors (Lipinski definition) is 4. The predicted octanol–water partition coefficient (Wildman–Crippen LogP) is 1.52. The number of carbonyl (C=O) groups is 1. The maximum atomic E-state index is 12.6. The van der Waals surface area contributed by atoms with E-state index in [1.807, 2.05) is 4.90 Å². The van der Waals surface area contributed by atoms with Crippen molar-refractivity contribution in [2.24, 2.45) is 5.92 Å². The molecule has 0 bridgehead atoms. The monoisotopic (exact) mass is 350 g/mol. The molecule has 2 heterocycles. The summed E-state index contributed by atoms with van der Waals surface area (Å²) in [6, 6.07) is 6.43. The number of ether oxygens (including phenoxy) is 1. The van der Waals surface area contributed by atoms with Gasteiger partial charge in [-0.25, -0.2) is 13.1 Å². The molecule has 1 aromatic carbocycles. The SMILES string of the molecule is O=C(C1CCC1)N1CC[C@@H]2NS(=O)(=O)c3ccccc3O[C@H]2CC1. The lowest BCUT2D eigenvalue weighted by Crippen LogP contribution is -2.43. The zero-order valence-electron chi connectivity index (χ0n) is 13.5. The van der Waals surface area contributed by atoms with Gasteiger partial charge in [0.15, 0.2) is 0 Å². The Balaban J connectivity index is 1.55. The fraction of sp³-hybridized carbons (Fsp3) is 0.588. The minimum Gasteiger partial charge on any atom is -0.487 e. The number of benzene rings is 1. The number of sulfonamides is 1. The first-order chi connectivity index (χ1) is 11.5. The highest BCUT2D eigenvalue weighted by molar-refractivity contribution is 7.89. The largest absolute Gasteiger partial charge is 0.487 e. The molecular formula is C17H22N2O4S. The molecule has 2 atom stereocenters. The molecule has 0 unspecified atom stereocenters. The Hall–Kier alpha value is -1.60. The van der Waals surface area contributed by atoms with Gasteiger partial charge in [-0.05, 0) is 31.4 Å². The van der Waals surface area contributed by atoms with E-state index in [0.29, 0.717) is 31.7 Å². The van der Waals surface area contributed by atoms with Crippen LogP contribution in [0.5, 0.6) is 5.75 Å². The lowest BCUT2D eigenvalue weighted by atomic mass is 9.84. The molecule has 1 aromatic rings. The quantitative estimate of drug-likeness (QED) is 0.833. The van der Waals surface area contributed by atoms with Crippen LogP contribution in [0.1, 0.15) is 32.1 Å². The first-order valence-corrected chi connectivity index (χ1v) is 10.1. The van der Waals surface area contributed by atoms with Gasteiger partial charge in [0.1, 0.15) is 16.7 Å². The number of amides is 1. The summed E-state index contributed by atoms with van der Waals surface area (Å²) >= 11 is 0. The second-order valence-electron chi connectivity index (χ2n) is 6.86.